The fourth-order valence-electron chi connectivity index (χ4n) is 1.31. The zero-order chi connectivity index (χ0) is 14.1. The molecule has 1 rings (SSSR count). The first-order valence-corrected chi connectivity index (χ1v) is 7.33. The number of hydrogen-bond acceptors (Lipinski definition) is 5. The van der Waals surface area contributed by atoms with Gasteiger partial charge in [-0.3, -0.25) is 4.79 Å². The molecule has 0 heterocycles. The van der Waals surface area contributed by atoms with Crippen LogP contribution in [0.4, 0.5) is 0 Å². The van der Waals surface area contributed by atoms with Gasteiger partial charge < -0.3 is 15.7 Å². The third kappa shape index (κ3) is 5.96. The van der Waals surface area contributed by atoms with Crippen molar-refractivity contribution in [1.82, 2.24) is 5.48 Å². The molecule has 5 nitrogen and oxygen atoms in total. The Balaban J connectivity index is 2.31. The maximum absolute atomic E-state index is 11.6. The van der Waals surface area contributed by atoms with E-state index in [1.54, 1.807) is 36.0 Å². The van der Waals surface area contributed by atoms with Gasteiger partial charge in [0.1, 0.15) is 0 Å². The molecule has 0 spiro atoms. The van der Waals surface area contributed by atoms with E-state index in [0.717, 1.165) is 12.2 Å². The number of carbonyl (C=O) groups excluding carboxylic acids is 1. The van der Waals surface area contributed by atoms with E-state index < -0.39 is 18.1 Å². The molecule has 1 aromatic carbocycles. The lowest BCUT2D eigenvalue weighted by Crippen LogP contribution is -2.48. The molecule has 6 heteroatoms. The molecule has 4 N–H and O–H groups in total. The summed E-state index contributed by atoms with van der Waals surface area (Å²) in [5, 5.41) is 9.73. The second kappa shape index (κ2) is 8.79. The number of para-hydroxylation sites is 1. The number of rotatable bonds is 8. The molecule has 0 aliphatic heterocycles. The number of hydroxylamine groups is 1. The van der Waals surface area contributed by atoms with Crippen LogP contribution < -0.4 is 16.1 Å². The Hall–Kier alpha value is -1.24. The summed E-state index contributed by atoms with van der Waals surface area (Å²) >= 11 is 1.62. The van der Waals surface area contributed by atoms with E-state index in [4.69, 9.17) is 10.6 Å². The zero-order valence-corrected chi connectivity index (χ0v) is 11.7. The lowest BCUT2D eigenvalue weighted by atomic mass is 10.2. The maximum atomic E-state index is 11.6. The van der Waals surface area contributed by atoms with Gasteiger partial charge >= 0.3 is 0 Å². The summed E-state index contributed by atoms with van der Waals surface area (Å²) in [5.74, 6) is 1.36. The third-order valence-electron chi connectivity index (χ3n) is 2.35. The topological polar surface area (TPSA) is 84.6 Å². The third-order valence-corrected chi connectivity index (χ3v) is 3.66. The average molecular weight is 284 g/mol. The van der Waals surface area contributed by atoms with Crippen molar-refractivity contribution >= 4 is 17.7 Å². The standard InChI is InChI=1S/C13H20N2O3S/c1-2-8-19-9-11(14)12(16)13(17)15-18-10-6-4-3-5-7-10/h3-7,11-12,16H,2,8-9,14H2,1H3,(H,15,17)/t11-,12?/m1/s1. The van der Waals surface area contributed by atoms with Gasteiger partial charge in [0.05, 0.1) is 0 Å². The summed E-state index contributed by atoms with van der Waals surface area (Å²) < 4.78 is 0. The van der Waals surface area contributed by atoms with Crippen molar-refractivity contribution in [2.24, 2.45) is 5.73 Å². The van der Waals surface area contributed by atoms with E-state index in [1.807, 2.05) is 6.07 Å². The van der Waals surface area contributed by atoms with Crippen molar-refractivity contribution in [3.8, 4) is 5.75 Å². The van der Waals surface area contributed by atoms with Crippen LogP contribution in [0.15, 0.2) is 30.3 Å². The van der Waals surface area contributed by atoms with Gasteiger partial charge in [0.2, 0.25) is 0 Å². The Morgan fingerprint density at radius 1 is 1.47 bits per heavy atom. The number of hydrogen-bond donors (Lipinski definition) is 3. The van der Waals surface area contributed by atoms with E-state index in [0.29, 0.717) is 11.5 Å². The van der Waals surface area contributed by atoms with Crippen molar-refractivity contribution < 1.29 is 14.7 Å². The molecule has 1 aromatic rings. The predicted molar refractivity (Wildman–Crippen MR) is 76.8 cm³/mol. The van der Waals surface area contributed by atoms with Gasteiger partial charge in [0, 0.05) is 11.8 Å². The van der Waals surface area contributed by atoms with Crippen LogP contribution in [-0.4, -0.2) is 34.7 Å². The van der Waals surface area contributed by atoms with E-state index in [-0.39, 0.29) is 0 Å². The number of aliphatic hydroxyl groups is 1. The van der Waals surface area contributed by atoms with Gasteiger partial charge in [-0.15, -0.1) is 0 Å². The Morgan fingerprint density at radius 3 is 2.79 bits per heavy atom. The quantitative estimate of drug-likeness (QED) is 0.488. The molecule has 0 aromatic heterocycles. The highest BCUT2D eigenvalue weighted by atomic mass is 32.2. The minimum atomic E-state index is -1.27. The normalized spacial score (nSPS) is 13.6. The van der Waals surface area contributed by atoms with E-state index in [2.05, 4.69) is 12.4 Å². The van der Waals surface area contributed by atoms with Gasteiger partial charge in [0.15, 0.2) is 11.9 Å². The van der Waals surface area contributed by atoms with Crippen LogP contribution >= 0.6 is 11.8 Å². The SMILES string of the molecule is CCCSC[C@@H](N)C(O)C(=O)NOc1ccccc1. The monoisotopic (exact) mass is 284 g/mol. The van der Waals surface area contributed by atoms with Crippen molar-refractivity contribution in [3.05, 3.63) is 30.3 Å². The molecular formula is C13H20N2O3S. The number of benzene rings is 1. The lowest BCUT2D eigenvalue weighted by molar-refractivity contribution is -0.137. The summed E-state index contributed by atoms with van der Waals surface area (Å²) in [6, 6.07) is 8.20. The van der Waals surface area contributed by atoms with Crippen molar-refractivity contribution in [3.63, 3.8) is 0 Å². The summed E-state index contributed by atoms with van der Waals surface area (Å²) in [4.78, 5) is 16.7. The van der Waals surface area contributed by atoms with Crippen molar-refractivity contribution in [2.75, 3.05) is 11.5 Å². The number of aliphatic hydroxyl groups excluding tert-OH is 1. The van der Waals surface area contributed by atoms with Gasteiger partial charge in [-0.1, -0.05) is 25.1 Å². The molecule has 0 saturated heterocycles. The minimum Gasteiger partial charge on any atom is -0.381 e. The minimum absolute atomic E-state index is 0.497. The van der Waals surface area contributed by atoms with Crippen LogP contribution in [-0.2, 0) is 4.79 Å². The summed E-state index contributed by atoms with van der Waals surface area (Å²) in [6.45, 7) is 2.06. The number of carbonyl (C=O) groups is 1. The highest BCUT2D eigenvalue weighted by Gasteiger charge is 2.23. The molecular weight excluding hydrogens is 264 g/mol. The van der Waals surface area contributed by atoms with Gasteiger partial charge in [-0.05, 0) is 24.3 Å². The number of nitrogens with one attached hydrogen (secondary N) is 1. The van der Waals surface area contributed by atoms with Crippen LogP contribution in [0.5, 0.6) is 5.75 Å². The highest BCUT2D eigenvalue weighted by Crippen LogP contribution is 2.08. The summed E-state index contributed by atoms with van der Waals surface area (Å²) in [5.41, 5.74) is 7.93. The molecule has 19 heavy (non-hydrogen) atoms. The molecule has 1 unspecified atom stereocenters. The van der Waals surface area contributed by atoms with Crippen molar-refractivity contribution in [1.29, 1.82) is 0 Å². The molecule has 106 valence electrons. The molecule has 0 fully saturated rings. The molecule has 0 saturated carbocycles. The fraction of sp³-hybridized carbons (Fsp3) is 0.462. The molecule has 1 amide bonds. The Labute approximate surface area is 117 Å². The molecule has 2 atom stereocenters. The van der Waals surface area contributed by atoms with Gasteiger partial charge in [0.25, 0.3) is 5.91 Å². The summed E-state index contributed by atoms with van der Waals surface area (Å²) in [7, 11) is 0. The summed E-state index contributed by atoms with van der Waals surface area (Å²) in [6.07, 6.45) is -0.232. The maximum Gasteiger partial charge on any atom is 0.283 e. The molecule has 0 bridgehead atoms. The Morgan fingerprint density at radius 2 is 2.16 bits per heavy atom. The first kappa shape index (κ1) is 15.8. The Bertz CT molecular complexity index is 375. The molecule has 0 aliphatic carbocycles. The molecule has 0 aliphatic rings. The zero-order valence-electron chi connectivity index (χ0n) is 10.9. The Kier molecular flexibility index (Phi) is 7.32. The van der Waals surface area contributed by atoms with E-state index in [9.17, 15) is 9.90 Å². The van der Waals surface area contributed by atoms with Crippen LogP contribution in [0, 0.1) is 0 Å². The smallest absolute Gasteiger partial charge is 0.283 e. The van der Waals surface area contributed by atoms with Crippen molar-refractivity contribution in [2.45, 2.75) is 25.5 Å². The largest absolute Gasteiger partial charge is 0.381 e. The van der Waals surface area contributed by atoms with Crippen LogP contribution in [0.2, 0.25) is 0 Å². The first-order valence-electron chi connectivity index (χ1n) is 6.18. The highest BCUT2D eigenvalue weighted by molar-refractivity contribution is 7.99. The average Bonchev–Trinajstić information content (AvgIpc) is 2.45. The van der Waals surface area contributed by atoms with E-state index in [1.165, 1.54) is 0 Å². The fourth-order valence-corrected chi connectivity index (χ4v) is 2.22. The van der Waals surface area contributed by atoms with Gasteiger partial charge in [-0.25, -0.2) is 0 Å². The first-order chi connectivity index (χ1) is 9.15. The predicted octanol–water partition coefficient (Wildman–Crippen LogP) is 0.928. The van der Waals surface area contributed by atoms with Crippen LogP contribution in [0.1, 0.15) is 13.3 Å². The lowest BCUT2D eigenvalue weighted by Gasteiger charge is -2.17. The second-order valence-corrected chi connectivity index (χ2v) is 5.21. The second-order valence-electron chi connectivity index (χ2n) is 4.07. The number of nitrogens with two attached hydrogens (primary N) is 1. The van der Waals surface area contributed by atoms with Crippen LogP contribution in [0.3, 0.4) is 0 Å². The number of amides is 1. The molecule has 0 radical (unpaired) electrons. The number of thioether (sulfide) groups is 1. The van der Waals surface area contributed by atoms with Crippen LogP contribution in [0.25, 0.3) is 0 Å². The van der Waals surface area contributed by atoms with Gasteiger partial charge in [-0.2, -0.15) is 17.2 Å². The van der Waals surface area contributed by atoms with E-state index >= 15 is 0 Å².